The van der Waals surface area contributed by atoms with E-state index in [0.717, 1.165) is 22.7 Å². The van der Waals surface area contributed by atoms with Gasteiger partial charge >= 0.3 is 5.97 Å². The molecule has 0 aliphatic rings. The number of para-hydroxylation sites is 1. The van der Waals surface area contributed by atoms with E-state index in [1.807, 2.05) is 31.2 Å². The van der Waals surface area contributed by atoms with Crippen molar-refractivity contribution in [2.24, 2.45) is 0 Å². The Morgan fingerprint density at radius 2 is 2.00 bits per heavy atom. The van der Waals surface area contributed by atoms with Crippen molar-refractivity contribution in [3.05, 3.63) is 52.1 Å². The van der Waals surface area contributed by atoms with Gasteiger partial charge in [-0.2, -0.15) is 0 Å². The lowest BCUT2D eigenvalue weighted by Crippen LogP contribution is -2.13. The van der Waals surface area contributed by atoms with Gasteiger partial charge in [0.1, 0.15) is 5.82 Å². The molecule has 6 heteroatoms. The van der Waals surface area contributed by atoms with E-state index in [0.29, 0.717) is 5.56 Å². The van der Waals surface area contributed by atoms with Gasteiger partial charge in [-0.05, 0) is 13.0 Å². The van der Waals surface area contributed by atoms with Crippen molar-refractivity contribution in [1.82, 2.24) is 15.0 Å². The van der Waals surface area contributed by atoms with E-state index >= 15 is 0 Å². The molecule has 3 aromatic rings. The smallest absolute Gasteiger partial charge is 0.354 e. The largest absolute Gasteiger partial charge is 0.477 e. The molecular formula is C14H11N3O3. The van der Waals surface area contributed by atoms with Crippen molar-refractivity contribution >= 4 is 16.9 Å². The average Bonchev–Trinajstić information content (AvgIpc) is 2.73. The van der Waals surface area contributed by atoms with E-state index in [4.69, 9.17) is 5.11 Å². The molecule has 0 saturated carbocycles. The van der Waals surface area contributed by atoms with Gasteiger partial charge < -0.3 is 15.1 Å². The standard InChI is InChI=1S/C14H11N3O3/c1-7-12(8-4-2-3-5-9(8)15-7)13-16-10(14(19)20)6-11(18)17-13/h2-6,15H,1H3,(H,19,20)(H,16,17,18). The first-order valence-electron chi connectivity index (χ1n) is 5.98. The Kier molecular flexibility index (Phi) is 2.64. The topological polar surface area (TPSA) is 98.8 Å². The molecule has 0 aliphatic heterocycles. The first kappa shape index (κ1) is 12.2. The zero-order valence-electron chi connectivity index (χ0n) is 10.6. The predicted octanol–water partition coefficient (Wildman–Crippen LogP) is 1.92. The number of benzene rings is 1. The van der Waals surface area contributed by atoms with Crippen molar-refractivity contribution in [3.8, 4) is 11.4 Å². The fraction of sp³-hybridized carbons (Fsp3) is 0.0714. The monoisotopic (exact) mass is 269 g/mol. The van der Waals surface area contributed by atoms with Gasteiger partial charge in [-0.1, -0.05) is 18.2 Å². The second-order valence-electron chi connectivity index (χ2n) is 4.45. The molecule has 0 unspecified atom stereocenters. The Bertz CT molecular complexity index is 877. The van der Waals surface area contributed by atoms with Crippen LogP contribution in [0.15, 0.2) is 35.1 Å². The zero-order valence-corrected chi connectivity index (χ0v) is 10.6. The second-order valence-corrected chi connectivity index (χ2v) is 4.45. The third-order valence-corrected chi connectivity index (χ3v) is 3.09. The molecule has 0 saturated heterocycles. The third-order valence-electron chi connectivity index (χ3n) is 3.09. The van der Waals surface area contributed by atoms with E-state index in [2.05, 4.69) is 15.0 Å². The van der Waals surface area contributed by atoms with Crippen molar-refractivity contribution < 1.29 is 9.90 Å². The summed E-state index contributed by atoms with van der Waals surface area (Å²) in [7, 11) is 0. The van der Waals surface area contributed by atoms with Crippen LogP contribution < -0.4 is 5.56 Å². The summed E-state index contributed by atoms with van der Waals surface area (Å²) in [6.45, 7) is 1.85. The van der Waals surface area contributed by atoms with Crippen LogP contribution in [0.25, 0.3) is 22.3 Å². The number of carbonyl (C=O) groups is 1. The second kappa shape index (κ2) is 4.34. The van der Waals surface area contributed by atoms with Crippen LogP contribution in [0.2, 0.25) is 0 Å². The van der Waals surface area contributed by atoms with Crippen LogP contribution >= 0.6 is 0 Å². The molecule has 0 spiro atoms. The minimum Gasteiger partial charge on any atom is -0.477 e. The van der Waals surface area contributed by atoms with Crippen molar-refractivity contribution in [2.75, 3.05) is 0 Å². The molecule has 3 rings (SSSR count). The molecule has 6 nitrogen and oxygen atoms in total. The normalized spacial score (nSPS) is 10.8. The summed E-state index contributed by atoms with van der Waals surface area (Å²) in [6, 6.07) is 8.53. The van der Waals surface area contributed by atoms with Crippen LogP contribution in [0.5, 0.6) is 0 Å². The number of nitrogens with one attached hydrogen (secondary N) is 2. The van der Waals surface area contributed by atoms with Crippen LogP contribution in [0.4, 0.5) is 0 Å². The maximum Gasteiger partial charge on any atom is 0.354 e. The predicted molar refractivity (Wildman–Crippen MR) is 73.8 cm³/mol. The number of aromatic carboxylic acids is 1. The lowest BCUT2D eigenvalue weighted by molar-refractivity contribution is 0.0690. The Labute approximate surface area is 113 Å². The molecule has 0 radical (unpaired) electrons. The Morgan fingerprint density at radius 3 is 2.75 bits per heavy atom. The number of carboxylic acid groups (broad SMARTS) is 1. The molecule has 20 heavy (non-hydrogen) atoms. The lowest BCUT2D eigenvalue weighted by Gasteiger charge is -2.02. The van der Waals surface area contributed by atoms with Crippen molar-refractivity contribution in [1.29, 1.82) is 0 Å². The Hall–Kier alpha value is -2.89. The minimum absolute atomic E-state index is 0.254. The van der Waals surface area contributed by atoms with Gasteiger partial charge in [0.25, 0.3) is 5.56 Å². The number of aryl methyl sites for hydroxylation is 1. The Morgan fingerprint density at radius 1 is 1.25 bits per heavy atom. The average molecular weight is 269 g/mol. The Balaban J connectivity index is 2.33. The molecule has 0 bridgehead atoms. The van der Waals surface area contributed by atoms with E-state index in [1.54, 1.807) is 0 Å². The van der Waals surface area contributed by atoms with E-state index < -0.39 is 11.5 Å². The quantitative estimate of drug-likeness (QED) is 0.661. The molecule has 2 heterocycles. The molecular weight excluding hydrogens is 258 g/mol. The summed E-state index contributed by atoms with van der Waals surface area (Å²) < 4.78 is 0. The first-order valence-corrected chi connectivity index (χ1v) is 5.98. The fourth-order valence-electron chi connectivity index (χ4n) is 2.27. The molecule has 3 N–H and O–H groups in total. The maximum absolute atomic E-state index is 11.6. The number of hydrogen-bond acceptors (Lipinski definition) is 3. The van der Waals surface area contributed by atoms with E-state index in [-0.39, 0.29) is 11.5 Å². The molecule has 2 aromatic heterocycles. The number of fused-ring (bicyclic) bond motifs is 1. The summed E-state index contributed by atoms with van der Waals surface area (Å²) in [6.07, 6.45) is 0. The number of aromatic nitrogens is 3. The highest BCUT2D eigenvalue weighted by atomic mass is 16.4. The molecule has 100 valence electrons. The first-order chi connectivity index (χ1) is 9.56. The highest BCUT2D eigenvalue weighted by molar-refractivity contribution is 5.96. The molecule has 1 aromatic carbocycles. The van der Waals surface area contributed by atoms with E-state index in [9.17, 15) is 9.59 Å². The van der Waals surface area contributed by atoms with Crippen LogP contribution in [0.3, 0.4) is 0 Å². The number of rotatable bonds is 2. The van der Waals surface area contributed by atoms with Gasteiger partial charge in [-0.15, -0.1) is 0 Å². The number of aromatic amines is 2. The summed E-state index contributed by atoms with van der Waals surface area (Å²) in [5, 5.41) is 9.88. The maximum atomic E-state index is 11.6. The van der Waals surface area contributed by atoms with Crippen LogP contribution in [0, 0.1) is 6.92 Å². The SMILES string of the molecule is Cc1[nH]c2ccccc2c1-c1nc(C(=O)O)cc(=O)[nH]1. The number of nitrogens with zero attached hydrogens (tertiary/aromatic N) is 1. The lowest BCUT2D eigenvalue weighted by atomic mass is 10.1. The van der Waals surface area contributed by atoms with E-state index in [1.165, 1.54) is 0 Å². The van der Waals surface area contributed by atoms with Gasteiger partial charge in [0, 0.05) is 28.2 Å². The zero-order chi connectivity index (χ0) is 14.3. The molecule has 0 atom stereocenters. The van der Waals surface area contributed by atoms with Crippen molar-refractivity contribution in [2.45, 2.75) is 6.92 Å². The van der Waals surface area contributed by atoms with Gasteiger partial charge in [0.05, 0.1) is 0 Å². The van der Waals surface area contributed by atoms with Gasteiger partial charge in [0.15, 0.2) is 5.69 Å². The number of carboxylic acids is 1. The highest BCUT2D eigenvalue weighted by Crippen LogP contribution is 2.29. The van der Waals surface area contributed by atoms with Crippen LogP contribution in [-0.4, -0.2) is 26.0 Å². The van der Waals surface area contributed by atoms with Crippen LogP contribution in [-0.2, 0) is 0 Å². The molecule has 0 aliphatic carbocycles. The summed E-state index contributed by atoms with van der Waals surface area (Å²) in [5.41, 5.74) is 1.67. The molecule has 0 amide bonds. The van der Waals surface area contributed by atoms with Gasteiger partial charge in [0.2, 0.25) is 0 Å². The number of hydrogen-bond donors (Lipinski definition) is 3. The summed E-state index contributed by atoms with van der Waals surface area (Å²) in [5.74, 6) is -0.973. The van der Waals surface area contributed by atoms with Gasteiger partial charge in [-0.3, -0.25) is 4.79 Å². The number of H-pyrrole nitrogens is 2. The summed E-state index contributed by atoms with van der Waals surface area (Å²) >= 11 is 0. The van der Waals surface area contributed by atoms with Crippen LogP contribution in [0.1, 0.15) is 16.2 Å². The van der Waals surface area contributed by atoms with Crippen molar-refractivity contribution in [3.63, 3.8) is 0 Å². The fourth-order valence-corrected chi connectivity index (χ4v) is 2.27. The molecule has 0 fully saturated rings. The highest BCUT2D eigenvalue weighted by Gasteiger charge is 2.15. The summed E-state index contributed by atoms with van der Waals surface area (Å²) in [4.78, 5) is 32.4. The minimum atomic E-state index is -1.23. The third kappa shape index (κ3) is 1.87. The van der Waals surface area contributed by atoms with Gasteiger partial charge in [-0.25, -0.2) is 9.78 Å².